The average molecular weight is 306 g/mol. The number of benzene rings is 1. The molecule has 3 unspecified atom stereocenters. The number of hydrogen-bond acceptors (Lipinski definition) is 6. The van der Waals surface area contributed by atoms with Crippen LogP contribution in [0.15, 0.2) is 24.3 Å². The molecule has 4 aliphatic rings. The molecule has 0 aromatic heterocycles. The van der Waals surface area contributed by atoms with E-state index in [2.05, 4.69) is 12.1 Å². The van der Waals surface area contributed by atoms with Gasteiger partial charge in [0.05, 0.1) is 19.8 Å². The van der Waals surface area contributed by atoms with Gasteiger partial charge in [-0.3, -0.25) is 4.74 Å². The summed E-state index contributed by atoms with van der Waals surface area (Å²) >= 11 is 0. The van der Waals surface area contributed by atoms with E-state index in [1.54, 1.807) is 6.92 Å². The summed E-state index contributed by atoms with van der Waals surface area (Å²) in [5.74, 6) is -1.03. The van der Waals surface area contributed by atoms with Gasteiger partial charge in [0.25, 0.3) is 5.97 Å². The molecule has 4 heterocycles. The van der Waals surface area contributed by atoms with Crippen LogP contribution in [0, 0.1) is 0 Å². The standard InChI is InChI=1S/C16H18O6/c1-16-20-12-11-8-17-6-9-4-2-3-5-10(9)7-18-13(12)14(21-16)15(19-11)22-16/h2-5,11-15H,6-8H2,1H3/t11?,12-,13?,14+,15-,16?/m1/s1. The molecule has 0 aliphatic carbocycles. The lowest BCUT2D eigenvalue weighted by atomic mass is 9.97. The Bertz CT molecular complexity index is 592. The molecule has 6 nitrogen and oxygen atoms in total. The third kappa shape index (κ3) is 1.96. The summed E-state index contributed by atoms with van der Waals surface area (Å²) in [4.78, 5) is 0. The van der Waals surface area contributed by atoms with E-state index in [0.29, 0.717) is 19.8 Å². The number of ether oxygens (including phenoxy) is 6. The van der Waals surface area contributed by atoms with Crippen molar-refractivity contribution in [2.45, 2.75) is 56.8 Å². The van der Waals surface area contributed by atoms with Gasteiger partial charge in [-0.2, -0.15) is 0 Å². The van der Waals surface area contributed by atoms with Gasteiger partial charge < -0.3 is 23.7 Å². The molecule has 0 amide bonds. The normalized spacial score (nSPS) is 46.3. The number of fused-ring (bicyclic) bond motifs is 2. The molecule has 1 aromatic carbocycles. The maximum Gasteiger partial charge on any atom is 0.283 e. The minimum atomic E-state index is -1.03. The zero-order chi connectivity index (χ0) is 14.7. The van der Waals surface area contributed by atoms with Crippen molar-refractivity contribution in [3.63, 3.8) is 0 Å². The predicted molar refractivity (Wildman–Crippen MR) is 72.6 cm³/mol. The quantitative estimate of drug-likeness (QED) is 0.720. The largest absolute Gasteiger partial charge is 0.374 e. The average Bonchev–Trinajstić information content (AvgIpc) is 2.69. The van der Waals surface area contributed by atoms with E-state index in [4.69, 9.17) is 28.4 Å². The van der Waals surface area contributed by atoms with Crippen LogP contribution in [-0.2, 0) is 41.6 Å². The van der Waals surface area contributed by atoms with Crippen LogP contribution in [-0.4, -0.2) is 43.3 Å². The van der Waals surface area contributed by atoms with Crippen molar-refractivity contribution in [3.8, 4) is 0 Å². The van der Waals surface area contributed by atoms with Crippen molar-refractivity contribution < 1.29 is 28.4 Å². The Kier molecular flexibility index (Phi) is 2.89. The van der Waals surface area contributed by atoms with E-state index < -0.39 is 12.3 Å². The summed E-state index contributed by atoms with van der Waals surface area (Å²) in [5, 5.41) is 0. The molecule has 22 heavy (non-hydrogen) atoms. The molecule has 0 saturated carbocycles. The van der Waals surface area contributed by atoms with Gasteiger partial charge in [0.15, 0.2) is 6.29 Å². The molecule has 0 N–H and O–H groups in total. The van der Waals surface area contributed by atoms with Gasteiger partial charge in [-0.05, 0) is 11.1 Å². The highest BCUT2D eigenvalue weighted by molar-refractivity contribution is 5.26. The van der Waals surface area contributed by atoms with Gasteiger partial charge in [0, 0.05) is 6.92 Å². The second-order valence-corrected chi connectivity index (χ2v) is 6.25. The second kappa shape index (κ2) is 4.74. The highest BCUT2D eigenvalue weighted by Crippen LogP contribution is 2.46. The molecule has 0 radical (unpaired) electrons. The Labute approximate surface area is 128 Å². The summed E-state index contributed by atoms with van der Waals surface area (Å²) in [7, 11) is 0. The van der Waals surface area contributed by atoms with Crippen LogP contribution in [0.4, 0.5) is 0 Å². The van der Waals surface area contributed by atoms with Crippen molar-refractivity contribution in [1.29, 1.82) is 0 Å². The van der Waals surface area contributed by atoms with Gasteiger partial charge in [-0.1, -0.05) is 24.3 Å². The van der Waals surface area contributed by atoms with Crippen molar-refractivity contribution in [3.05, 3.63) is 35.4 Å². The summed E-state index contributed by atoms with van der Waals surface area (Å²) in [5.41, 5.74) is 2.27. The van der Waals surface area contributed by atoms with Crippen LogP contribution in [0.2, 0.25) is 0 Å². The first kappa shape index (κ1) is 13.4. The minimum Gasteiger partial charge on any atom is -0.374 e. The molecule has 5 rings (SSSR count). The van der Waals surface area contributed by atoms with E-state index in [-0.39, 0.29) is 24.4 Å². The summed E-state index contributed by atoms with van der Waals surface area (Å²) in [6.07, 6.45) is -1.38. The molecule has 3 fully saturated rings. The summed E-state index contributed by atoms with van der Waals surface area (Å²) in [6, 6.07) is 8.14. The summed E-state index contributed by atoms with van der Waals surface area (Å²) in [6.45, 7) is 3.26. The van der Waals surface area contributed by atoms with Crippen LogP contribution in [0.5, 0.6) is 0 Å². The fraction of sp³-hybridized carbons (Fsp3) is 0.625. The first-order valence-electron chi connectivity index (χ1n) is 7.67. The maximum atomic E-state index is 6.16. The van der Waals surface area contributed by atoms with Gasteiger partial charge in [0.2, 0.25) is 0 Å². The third-order valence-corrected chi connectivity index (χ3v) is 4.71. The summed E-state index contributed by atoms with van der Waals surface area (Å²) < 4.78 is 35.5. The SMILES string of the molecule is CC12O[C@@H]3C4COCc5ccccc5COC3[C@H](O1)[C@H](O4)O2. The van der Waals surface area contributed by atoms with Gasteiger partial charge in [-0.15, -0.1) is 0 Å². The van der Waals surface area contributed by atoms with E-state index in [9.17, 15) is 0 Å². The first-order chi connectivity index (χ1) is 10.7. The molecule has 118 valence electrons. The van der Waals surface area contributed by atoms with Crippen LogP contribution < -0.4 is 0 Å². The van der Waals surface area contributed by atoms with Gasteiger partial charge in [-0.25, -0.2) is 0 Å². The Morgan fingerprint density at radius 1 is 0.955 bits per heavy atom. The fourth-order valence-corrected chi connectivity index (χ4v) is 3.66. The van der Waals surface area contributed by atoms with Crippen molar-refractivity contribution in [1.82, 2.24) is 0 Å². The lowest BCUT2D eigenvalue weighted by Gasteiger charge is -2.45. The molecule has 6 atom stereocenters. The number of rotatable bonds is 0. The molecule has 1 aromatic rings. The third-order valence-electron chi connectivity index (χ3n) is 4.71. The Balaban J connectivity index is 1.49. The Hall–Kier alpha value is -1.02. The van der Waals surface area contributed by atoms with Crippen molar-refractivity contribution >= 4 is 0 Å². The zero-order valence-corrected chi connectivity index (χ0v) is 12.3. The predicted octanol–water partition coefficient (Wildman–Crippen LogP) is 1.31. The molecule has 4 aliphatic heterocycles. The van der Waals surface area contributed by atoms with Crippen LogP contribution in [0.25, 0.3) is 0 Å². The highest BCUT2D eigenvalue weighted by Gasteiger charge is 2.64. The van der Waals surface area contributed by atoms with Gasteiger partial charge in [0.1, 0.15) is 24.4 Å². The fourth-order valence-electron chi connectivity index (χ4n) is 3.66. The zero-order valence-electron chi connectivity index (χ0n) is 12.3. The molecular weight excluding hydrogens is 288 g/mol. The molecule has 5 bridgehead atoms. The van der Waals surface area contributed by atoms with E-state index in [1.807, 2.05) is 12.1 Å². The number of hydrogen-bond donors (Lipinski definition) is 0. The van der Waals surface area contributed by atoms with Gasteiger partial charge >= 0.3 is 0 Å². The lowest BCUT2D eigenvalue weighted by molar-refractivity contribution is -0.387. The van der Waals surface area contributed by atoms with Crippen LogP contribution in [0.3, 0.4) is 0 Å². The van der Waals surface area contributed by atoms with Crippen LogP contribution >= 0.6 is 0 Å². The highest BCUT2D eigenvalue weighted by atomic mass is 17.0. The molecule has 3 saturated heterocycles. The van der Waals surface area contributed by atoms with Crippen LogP contribution in [0.1, 0.15) is 18.1 Å². The molecule has 6 heteroatoms. The minimum absolute atomic E-state index is 0.206. The Morgan fingerprint density at radius 2 is 1.73 bits per heavy atom. The topological polar surface area (TPSA) is 55.4 Å². The first-order valence-corrected chi connectivity index (χ1v) is 7.67. The van der Waals surface area contributed by atoms with E-state index >= 15 is 0 Å². The maximum absolute atomic E-state index is 6.16. The monoisotopic (exact) mass is 306 g/mol. The Morgan fingerprint density at radius 3 is 2.59 bits per heavy atom. The lowest BCUT2D eigenvalue weighted by Crippen LogP contribution is -2.62. The molecule has 0 spiro atoms. The smallest absolute Gasteiger partial charge is 0.283 e. The van der Waals surface area contributed by atoms with Crippen molar-refractivity contribution in [2.75, 3.05) is 6.61 Å². The molecular formula is C16H18O6. The van der Waals surface area contributed by atoms with Crippen molar-refractivity contribution in [2.24, 2.45) is 0 Å². The second-order valence-electron chi connectivity index (χ2n) is 6.25. The van der Waals surface area contributed by atoms with E-state index in [0.717, 1.165) is 11.1 Å². The van der Waals surface area contributed by atoms with E-state index in [1.165, 1.54) is 0 Å².